The van der Waals surface area contributed by atoms with Gasteiger partial charge in [0.15, 0.2) is 11.6 Å². The van der Waals surface area contributed by atoms with Gasteiger partial charge in [-0.3, -0.25) is 9.36 Å². The van der Waals surface area contributed by atoms with Crippen LogP contribution in [-0.2, 0) is 0 Å². The van der Waals surface area contributed by atoms with Gasteiger partial charge in [0.2, 0.25) is 0 Å². The number of aromatic amines is 1. The number of H-pyrrole nitrogens is 1. The molecule has 0 atom stereocenters. The molecule has 0 aliphatic rings. The lowest BCUT2D eigenvalue weighted by Crippen LogP contribution is -2.16. The second-order valence-electron chi connectivity index (χ2n) is 8.03. The van der Waals surface area contributed by atoms with E-state index >= 15 is 0 Å². The van der Waals surface area contributed by atoms with Crippen molar-refractivity contribution < 1.29 is 20.8 Å². The van der Waals surface area contributed by atoms with Gasteiger partial charge in [-0.1, -0.05) is 30.3 Å². The van der Waals surface area contributed by atoms with Gasteiger partial charge in [0.1, 0.15) is 5.82 Å². The zero-order chi connectivity index (χ0) is 24.7. The summed E-state index contributed by atoms with van der Waals surface area (Å²) in [7, 11) is 0. The quantitative estimate of drug-likeness (QED) is 0.312. The van der Waals surface area contributed by atoms with Gasteiger partial charge in [-0.25, -0.2) is 18.0 Å². The lowest BCUT2D eigenvalue weighted by molar-refractivity contribution is 0.102. The standard InChI is InChI=1S/C27H18F3N3O2.2H2/c1-15-8-9-16(14-20(15)26(34)31-18-12-10-17(28)11-13-18)19-4-2-7-23-25(19)32-27(35)33(23)22-6-3-5-21(29)24(22)30;;/h2-14H,1H3,(H,31,34)(H,32,35);2*1H. The van der Waals surface area contributed by atoms with Crippen molar-refractivity contribution in [3.63, 3.8) is 0 Å². The summed E-state index contributed by atoms with van der Waals surface area (Å²) in [6.45, 7) is 1.79. The van der Waals surface area contributed by atoms with Gasteiger partial charge >= 0.3 is 5.69 Å². The maximum Gasteiger partial charge on any atom is 0.331 e. The predicted octanol–water partition coefficient (Wildman–Crippen LogP) is 6.46. The molecule has 1 amide bonds. The van der Waals surface area contributed by atoms with Crippen LogP contribution in [0.1, 0.15) is 18.8 Å². The summed E-state index contributed by atoms with van der Waals surface area (Å²) in [5, 5.41) is 2.74. The number of imidazole rings is 1. The highest BCUT2D eigenvalue weighted by atomic mass is 19.2. The SMILES string of the molecule is Cc1ccc(-c2cccc3c2[nH]c(=O)n3-c2cccc(F)c2F)cc1C(=O)Nc1ccc(F)cc1.[HH].[HH]. The molecule has 0 saturated carbocycles. The van der Waals surface area contributed by atoms with Gasteiger partial charge < -0.3 is 10.3 Å². The van der Waals surface area contributed by atoms with Crippen molar-refractivity contribution in [2.24, 2.45) is 0 Å². The van der Waals surface area contributed by atoms with Crippen LogP contribution in [0.2, 0.25) is 0 Å². The first kappa shape index (κ1) is 22.2. The summed E-state index contributed by atoms with van der Waals surface area (Å²) in [6, 6.07) is 19.4. The third-order valence-electron chi connectivity index (χ3n) is 5.79. The molecular formula is C27H22F3N3O2. The number of hydrogen-bond acceptors (Lipinski definition) is 2. The van der Waals surface area contributed by atoms with Gasteiger partial charge in [-0.15, -0.1) is 0 Å². The number of halogens is 3. The number of rotatable bonds is 4. The lowest BCUT2D eigenvalue weighted by Gasteiger charge is -2.11. The second-order valence-corrected chi connectivity index (χ2v) is 8.03. The first-order chi connectivity index (χ1) is 16.8. The number of aromatic nitrogens is 2. The molecule has 1 heterocycles. The van der Waals surface area contributed by atoms with Crippen LogP contribution in [0.4, 0.5) is 18.9 Å². The van der Waals surface area contributed by atoms with E-state index in [0.29, 0.717) is 39.0 Å². The van der Waals surface area contributed by atoms with Gasteiger partial charge in [0.05, 0.1) is 16.7 Å². The number of carbonyl (C=O) groups is 1. The molecule has 0 fully saturated rings. The molecule has 178 valence electrons. The summed E-state index contributed by atoms with van der Waals surface area (Å²) in [6.07, 6.45) is 0. The number of aryl methyl sites for hydroxylation is 1. The third-order valence-corrected chi connectivity index (χ3v) is 5.79. The number of para-hydroxylation sites is 1. The van der Waals surface area contributed by atoms with Crippen LogP contribution in [-0.4, -0.2) is 15.5 Å². The fraction of sp³-hybridized carbons (Fsp3) is 0.0370. The Morgan fingerprint density at radius 2 is 1.69 bits per heavy atom. The minimum atomic E-state index is -1.13. The summed E-state index contributed by atoms with van der Waals surface area (Å²) >= 11 is 0. The third kappa shape index (κ3) is 3.99. The molecule has 0 aliphatic carbocycles. The van der Waals surface area contributed by atoms with Crippen molar-refractivity contribution in [2.45, 2.75) is 6.92 Å². The van der Waals surface area contributed by atoms with E-state index in [1.807, 2.05) is 0 Å². The van der Waals surface area contributed by atoms with Gasteiger partial charge in [-0.2, -0.15) is 0 Å². The molecule has 5 nitrogen and oxygen atoms in total. The van der Waals surface area contributed by atoms with E-state index in [9.17, 15) is 22.8 Å². The molecule has 5 rings (SSSR count). The number of hydrogen-bond donors (Lipinski definition) is 2. The topological polar surface area (TPSA) is 66.9 Å². The van der Waals surface area contributed by atoms with Gasteiger partial charge in [0, 0.05) is 19.7 Å². The second kappa shape index (κ2) is 8.64. The minimum absolute atomic E-state index is 0. The molecule has 1 aromatic heterocycles. The van der Waals surface area contributed by atoms with Crippen molar-refractivity contribution in [1.82, 2.24) is 9.55 Å². The number of anilines is 1. The number of carbonyl (C=O) groups excluding carboxylic acids is 1. The number of nitrogens with one attached hydrogen (secondary N) is 2. The van der Waals surface area contributed by atoms with E-state index in [-0.39, 0.29) is 14.4 Å². The monoisotopic (exact) mass is 477 g/mol. The van der Waals surface area contributed by atoms with Crippen LogP contribution in [0.3, 0.4) is 0 Å². The van der Waals surface area contributed by atoms with E-state index in [2.05, 4.69) is 10.3 Å². The molecular weight excluding hydrogens is 455 g/mol. The Morgan fingerprint density at radius 3 is 2.46 bits per heavy atom. The van der Waals surface area contributed by atoms with E-state index in [1.165, 1.54) is 36.4 Å². The fourth-order valence-corrected chi connectivity index (χ4v) is 4.04. The molecule has 5 aromatic rings. The zero-order valence-electron chi connectivity index (χ0n) is 18.4. The molecule has 0 aliphatic heterocycles. The smallest absolute Gasteiger partial charge is 0.322 e. The average molecular weight is 477 g/mol. The highest BCUT2D eigenvalue weighted by Crippen LogP contribution is 2.30. The summed E-state index contributed by atoms with van der Waals surface area (Å²) < 4.78 is 42.6. The van der Waals surface area contributed by atoms with Crippen LogP contribution in [0, 0.1) is 24.4 Å². The van der Waals surface area contributed by atoms with Crippen molar-refractivity contribution in [3.8, 4) is 16.8 Å². The van der Waals surface area contributed by atoms with Crippen molar-refractivity contribution in [2.75, 3.05) is 5.32 Å². The number of amides is 1. The molecule has 8 heteroatoms. The molecule has 4 aromatic carbocycles. The molecule has 35 heavy (non-hydrogen) atoms. The van der Waals surface area contributed by atoms with E-state index in [1.54, 1.807) is 43.3 Å². The van der Waals surface area contributed by atoms with Crippen molar-refractivity contribution in [1.29, 1.82) is 0 Å². The maximum absolute atomic E-state index is 14.5. The van der Waals surface area contributed by atoms with Crippen molar-refractivity contribution >= 4 is 22.6 Å². The Bertz CT molecular complexity index is 1660. The first-order valence-corrected chi connectivity index (χ1v) is 10.7. The van der Waals surface area contributed by atoms with Crippen molar-refractivity contribution in [3.05, 3.63) is 118 Å². The van der Waals surface area contributed by atoms with Gasteiger partial charge in [-0.05, 0) is 66.6 Å². The molecule has 0 saturated heterocycles. The van der Waals surface area contributed by atoms with E-state index < -0.39 is 23.1 Å². The molecule has 0 spiro atoms. The summed E-state index contributed by atoms with van der Waals surface area (Å²) in [5.41, 5.74) is 2.73. The van der Waals surface area contributed by atoms with Crippen LogP contribution in [0.25, 0.3) is 27.8 Å². The first-order valence-electron chi connectivity index (χ1n) is 10.7. The van der Waals surface area contributed by atoms with E-state index in [0.717, 1.165) is 10.6 Å². The van der Waals surface area contributed by atoms with Crippen LogP contribution in [0.15, 0.2) is 83.7 Å². The maximum atomic E-state index is 14.5. The highest BCUT2D eigenvalue weighted by Gasteiger charge is 2.18. The van der Waals surface area contributed by atoms with E-state index in [4.69, 9.17) is 0 Å². The Kier molecular flexibility index (Phi) is 5.49. The Balaban J connectivity index is 0.00000190. The van der Waals surface area contributed by atoms with Crippen LogP contribution in [0.5, 0.6) is 0 Å². The molecule has 0 unspecified atom stereocenters. The van der Waals surface area contributed by atoms with Gasteiger partial charge in [0.25, 0.3) is 5.91 Å². The normalized spacial score (nSPS) is 11.1. The average Bonchev–Trinajstić information content (AvgIpc) is 3.18. The fourth-order valence-electron chi connectivity index (χ4n) is 4.04. The number of fused-ring (bicyclic) bond motifs is 1. The molecule has 0 radical (unpaired) electrons. The van der Waals surface area contributed by atoms with Crippen LogP contribution >= 0.6 is 0 Å². The Hall–Kier alpha value is -4.59. The molecule has 2 N–H and O–H groups in total. The number of benzene rings is 4. The Morgan fingerprint density at radius 1 is 0.943 bits per heavy atom. The summed E-state index contributed by atoms with van der Waals surface area (Å²) in [5.74, 6) is -2.98. The largest absolute Gasteiger partial charge is 0.331 e. The minimum Gasteiger partial charge on any atom is -0.322 e. The highest BCUT2D eigenvalue weighted by molar-refractivity contribution is 6.06. The lowest BCUT2D eigenvalue weighted by atomic mass is 9.98. The summed E-state index contributed by atoms with van der Waals surface area (Å²) in [4.78, 5) is 28.4. The number of nitrogens with zero attached hydrogens (tertiary/aromatic N) is 1. The van der Waals surface area contributed by atoms with Crippen LogP contribution < -0.4 is 11.0 Å². The predicted molar refractivity (Wildman–Crippen MR) is 133 cm³/mol. The molecule has 0 bridgehead atoms. The Labute approximate surface area is 200 Å². The zero-order valence-corrected chi connectivity index (χ0v) is 18.4.